The number of ether oxygens (including phenoxy) is 2. The smallest absolute Gasteiger partial charge is 0.165 e. The largest absolute Gasteiger partial charge is 0.494 e. The summed E-state index contributed by atoms with van der Waals surface area (Å²) < 4.78 is 24.1. The minimum Gasteiger partial charge on any atom is -0.494 e. The fourth-order valence-electron chi connectivity index (χ4n) is 3.11. The number of fused-ring (bicyclic) bond motifs is 1. The molecule has 0 radical (unpaired) electrons. The predicted octanol–water partition coefficient (Wildman–Crippen LogP) is 4.23. The van der Waals surface area contributed by atoms with Gasteiger partial charge in [-0.3, -0.25) is 5.10 Å². The molecule has 27 heavy (non-hydrogen) atoms. The molecule has 138 valence electrons. The van der Waals surface area contributed by atoms with Crippen LogP contribution in [0.15, 0.2) is 36.5 Å². The molecule has 0 atom stereocenters. The minimum atomic E-state index is -0.395. The van der Waals surface area contributed by atoms with E-state index >= 15 is 0 Å². The summed E-state index contributed by atoms with van der Waals surface area (Å²) in [5.41, 5.74) is 3.36. The van der Waals surface area contributed by atoms with Crippen LogP contribution in [-0.4, -0.2) is 30.5 Å². The maximum atomic E-state index is 13.7. The maximum Gasteiger partial charge on any atom is 0.165 e. The Labute approximate surface area is 156 Å². The van der Waals surface area contributed by atoms with Crippen molar-refractivity contribution in [3.8, 4) is 17.6 Å². The highest BCUT2D eigenvalue weighted by Crippen LogP contribution is 2.28. The lowest BCUT2D eigenvalue weighted by atomic mass is 10.00. The summed E-state index contributed by atoms with van der Waals surface area (Å²) in [4.78, 5) is 0. The monoisotopic (exact) mass is 365 g/mol. The van der Waals surface area contributed by atoms with Crippen LogP contribution < -0.4 is 10.1 Å². The van der Waals surface area contributed by atoms with Crippen LogP contribution in [0.25, 0.3) is 10.9 Å². The number of nitrogens with one attached hydrogen (secondary N) is 2. The molecule has 0 bridgehead atoms. The molecule has 0 amide bonds. The minimum absolute atomic E-state index is 0.194. The number of aromatic amines is 1. The molecule has 1 fully saturated rings. The van der Waals surface area contributed by atoms with Crippen molar-refractivity contribution in [2.45, 2.75) is 12.8 Å². The average Bonchev–Trinajstić information content (AvgIpc) is 3.15. The number of nitrogens with zero attached hydrogens (tertiary/aromatic N) is 1. The van der Waals surface area contributed by atoms with Crippen LogP contribution in [0.2, 0.25) is 0 Å². The highest BCUT2D eigenvalue weighted by molar-refractivity contribution is 5.86. The van der Waals surface area contributed by atoms with Crippen molar-refractivity contribution in [2.24, 2.45) is 5.92 Å². The van der Waals surface area contributed by atoms with Gasteiger partial charge in [0, 0.05) is 36.3 Å². The quantitative estimate of drug-likeness (QED) is 0.682. The number of hydrogen-bond donors (Lipinski definition) is 2. The Hall–Kier alpha value is -3.04. The fourth-order valence-corrected chi connectivity index (χ4v) is 3.11. The molecular weight excluding hydrogens is 345 g/mol. The maximum absolute atomic E-state index is 13.7. The van der Waals surface area contributed by atoms with E-state index in [4.69, 9.17) is 9.47 Å². The van der Waals surface area contributed by atoms with Gasteiger partial charge in [0.2, 0.25) is 0 Å². The Morgan fingerprint density at radius 2 is 2.11 bits per heavy atom. The first-order valence-corrected chi connectivity index (χ1v) is 8.90. The first kappa shape index (κ1) is 17.4. The van der Waals surface area contributed by atoms with Crippen molar-refractivity contribution in [3.05, 3.63) is 47.9 Å². The molecule has 1 aromatic heterocycles. The molecule has 0 spiro atoms. The third-order valence-corrected chi connectivity index (χ3v) is 4.64. The molecule has 6 heteroatoms. The zero-order chi connectivity index (χ0) is 18.6. The lowest BCUT2D eigenvalue weighted by Gasteiger charge is -2.16. The van der Waals surface area contributed by atoms with E-state index < -0.39 is 5.82 Å². The Morgan fingerprint density at radius 3 is 2.93 bits per heavy atom. The number of benzene rings is 2. The highest BCUT2D eigenvalue weighted by Gasteiger charge is 2.12. The van der Waals surface area contributed by atoms with Gasteiger partial charge in [0.1, 0.15) is 0 Å². The Balaban J connectivity index is 1.69. The standard InChI is InChI=1S/C21H20FN3O2/c1-26-21-12-17(4-5-18(21)22)24-19-11-16-13-23-25-20(16)10-15(19)3-2-14-6-8-27-9-7-14/h4-5,10-14,24H,6-9H2,1H3,(H,23,25). The number of hydrogen-bond acceptors (Lipinski definition) is 4. The van der Waals surface area contributed by atoms with Gasteiger partial charge in [-0.1, -0.05) is 11.8 Å². The number of methoxy groups -OCH3 is 1. The summed E-state index contributed by atoms with van der Waals surface area (Å²) in [5, 5.41) is 11.4. The number of H-pyrrole nitrogens is 1. The lowest BCUT2D eigenvalue weighted by Crippen LogP contribution is -2.13. The summed E-state index contributed by atoms with van der Waals surface area (Å²) >= 11 is 0. The van der Waals surface area contributed by atoms with E-state index in [-0.39, 0.29) is 5.75 Å². The first-order chi connectivity index (χ1) is 13.2. The van der Waals surface area contributed by atoms with Gasteiger partial charge in [-0.05, 0) is 37.1 Å². The number of anilines is 2. The number of aromatic nitrogens is 2. The van der Waals surface area contributed by atoms with Gasteiger partial charge in [-0.2, -0.15) is 5.10 Å². The molecule has 3 aromatic rings. The van der Waals surface area contributed by atoms with Crippen molar-refractivity contribution >= 4 is 22.3 Å². The molecule has 2 heterocycles. The molecule has 4 rings (SSSR count). The molecule has 1 aliphatic rings. The molecular formula is C21H20FN3O2. The second kappa shape index (κ2) is 7.68. The molecule has 2 aromatic carbocycles. The second-order valence-corrected chi connectivity index (χ2v) is 6.49. The van der Waals surface area contributed by atoms with Gasteiger partial charge in [0.05, 0.1) is 30.1 Å². The van der Waals surface area contributed by atoms with E-state index in [1.54, 1.807) is 18.3 Å². The third-order valence-electron chi connectivity index (χ3n) is 4.64. The van der Waals surface area contributed by atoms with E-state index in [1.807, 2.05) is 12.1 Å². The number of rotatable bonds is 3. The zero-order valence-corrected chi connectivity index (χ0v) is 15.0. The van der Waals surface area contributed by atoms with Crippen molar-refractivity contribution < 1.29 is 13.9 Å². The topological polar surface area (TPSA) is 59.2 Å². The van der Waals surface area contributed by atoms with Crippen LogP contribution in [0.5, 0.6) is 5.75 Å². The van der Waals surface area contributed by atoms with Crippen LogP contribution >= 0.6 is 0 Å². The van der Waals surface area contributed by atoms with Crippen molar-refractivity contribution in [2.75, 3.05) is 25.6 Å². The SMILES string of the molecule is COc1cc(Nc2cc3cn[nH]c3cc2C#CC2CCOCC2)ccc1F. The number of halogens is 1. The molecule has 5 nitrogen and oxygen atoms in total. The van der Waals surface area contributed by atoms with Crippen molar-refractivity contribution in [3.63, 3.8) is 0 Å². The molecule has 0 saturated carbocycles. The van der Waals surface area contributed by atoms with Crippen LogP contribution in [0.4, 0.5) is 15.8 Å². The van der Waals surface area contributed by atoms with Gasteiger partial charge < -0.3 is 14.8 Å². The average molecular weight is 365 g/mol. The van der Waals surface area contributed by atoms with Crippen LogP contribution in [0.1, 0.15) is 18.4 Å². The third kappa shape index (κ3) is 3.88. The van der Waals surface area contributed by atoms with E-state index in [1.165, 1.54) is 13.2 Å². The van der Waals surface area contributed by atoms with Crippen LogP contribution in [0.3, 0.4) is 0 Å². The molecule has 0 aliphatic carbocycles. The Kier molecular flexibility index (Phi) is 4.95. The predicted molar refractivity (Wildman–Crippen MR) is 103 cm³/mol. The Bertz CT molecular complexity index is 1010. The summed E-state index contributed by atoms with van der Waals surface area (Å²) in [7, 11) is 1.45. The lowest BCUT2D eigenvalue weighted by molar-refractivity contribution is 0.0807. The Morgan fingerprint density at radius 1 is 1.26 bits per heavy atom. The second-order valence-electron chi connectivity index (χ2n) is 6.49. The van der Waals surface area contributed by atoms with E-state index in [0.29, 0.717) is 5.92 Å². The van der Waals surface area contributed by atoms with E-state index in [9.17, 15) is 4.39 Å². The molecule has 2 N–H and O–H groups in total. The van der Waals surface area contributed by atoms with Gasteiger partial charge >= 0.3 is 0 Å². The summed E-state index contributed by atoms with van der Waals surface area (Å²) in [6.45, 7) is 1.53. The van der Waals surface area contributed by atoms with Crippen molar-refractivity contribution in [1.82, 2.24) is 10.2 Å². The van der Waals surface area contributed by atoms with E-state index in [2.05, 4.69) is 27.4 Å². The fraction of sp³-hybridized carbons (Fsp3) is 0.286. The van der Waals surface area contributed by atoms with Gasteiger partial charge in [0.25, 0.3) is 0 Å². The summed E-state index contributed by atoms with van der Waals surface area (Å²) in [5.74, 6) is 6.81. The van der Waals surface area contributed by atoms with E-state index in [0.717, 1.165) is 53.9 Å². The molecule has 1 aliphatic heterocycles. The summed E-state index contributed by atoms with van der Waals surface area (Å²) in [6, 6.07) is 8.66. The van der Waals surface area contributed by atoms with Crippen LogP contribution in [0, 0.1) is 23.6 Å². The molecule has 1 saturated heterocycles. The van der Waals surface area contributed by atoms with Crippen molar-refractivity contribution in [1.29, 1.82) is 0 Å². The summed E-state index contributed by atoms with van der Waals surface area (Å²) in [6.07, 6.45) is 3.68. The van der Waals surface area contributed by atoms with Gasteiger partial charge in [-0.15, -0.1) is 0 Å². The van der Waals surface area contributed by atoms with Crippen LogP contribution in [-0.2, 0) is 4.74 Å². The first-order valence-electron chi connectivity index (χ1n) is 8.90. The normalized spacial score (nSPS) is 14.6. The zero-order valence-electron chi connectivity index (χ0n) is 15.0. The molecule has 0 unspecified atom stereocenters. The van der Waals surface area contributed by atoms with Gasteiger partial charge in [0.15, 0.2) is 11.6 Å². The van der Waals surface area contributed by atoms with Gasteiger partial charge in [-0.25, -0.2) is 4.39 Å². The highest BCUT2D eigenvalue weighted by atomic mass is 19.1.